The lowest BCUT2D eigenvalue weighted by Gasteiger charge is -2.25. The normalized spacial score (nSPS) is 16.1. The van der Waals surface area contributed by atoms with Crippen molar-refractivity contribution in [2.24, 2.45) is 0 Å². The minimum Gasteiger partial charge on any atom is -0.312 e. The van der Waals surface area contributed by atoms with Crippen molar-refractivity contribution >= 4 is 27.3 Å². The van der Waals surface area contributed by atoms with Gasteiger partial charge in [-0.2, -0.15) is 0 Å². The number of hydrogen-bond donors (Lipinski definition) is 1. The van der Waals surface area contributed by atoms with E-state index in [2.05, 4.69) is 4.72 Å². The molecule has 0 unspecified atom stereocenters. The number of anilines is 2. The molecule has 1 amide bonds. The first kappa shape index (κ1) is 16.0. The van der Waals surface area contributed by atoms with Gasteiger partial charge in [-0.1, -0.05) is 0 Å². The lowest BCUT2D eigenvalue weighted by molar-refractivity contribution is -0.118. The molecule has 4 rings (SSSR count). The van der Waals surface area contributed by atoms with Gasteiger partial charge in [-0.3, -0.25) is 9.52 Å². The Morgan fingerprint density at radius 1 is 0.960 bits per heavy atom. The van der Waals surface area contributed by atoms with Gasteiger partial charge in [0, 0.05) is 19.0 Å². The predicted molar refractivity (Wildman–Crippen MR) is 88.0 cm³/mol. The van der Waals surface area contributed by atoms with E-state index in [9.17, 15) is 22.0 Å². The zero-order chi connectivity index (χ0) is 17.8. The van der Waals surface area contributed by atoms with Crippen LogP contribution in [0.25, 0.3) is 0 Å². The monoisotopic (exact) mass is 364 g/mol. The Hall–Kier alpha value is -2.48. The van der Waals surface area contributed by atoms with Gasteiger partial charge in [-0.05, 0) is 48.2 Å². The lowest BCUT2D eigenvalue weighted by Crippen LogP contribution is -2.33. The van der Waals surface area contributed by atoms with E-state index in [1.54, 1.807) is 17.0 Å². The minimum atomic E-state index is -3.95. The molecule has 25 heavy (non-hydrogen) atoms. The predicted octanol–water partition coefficient (Wildman–Crippen LogP) is 2.60. The molecule has 8 heteroatoms. The molecule has 2 aliphatic heterocycles. The average molecular weight is 364 g/mol. The highest BCUT2D eigenvalue weighted by Gasteiger charge is 2.32. The van der Waals surface area contributed by atoms with Crippen LogP contribution in [0.4, 0.5) is 20.2 Å². The SMILES string of the molecule is O=C1CCc2cc(S(=O)(=O)Nc3ccc(F)c(F)c3)cc3c2N1CC3. The van der Waals surface area contributed by atoms with Gasteiger partial charge in [-0.15, -0.1) is 0 Å². The quantitative estimate of drug-likeness (QED) is 0.910. The van der Waals surface area contributed by atoms with Gasteiger partial charge in [0.2, 0.25) is 5.91 Å². The molecule has 1 N–H and O–H groups in total. The average Bonchev–Trinajstić information content (AvgIpc) is 2.99. The molecule has 0 atom stereocenters. The number of nitrogens with zero attached hydrogens (tertiary/aromatic N) is 1. The zero-order valence-corrected chi connectivity index (χ0v) is 13.9. The molecular formula is C17H14F2N2O3S. The first-order chi connectivity index (χ1) is 11.8. The van der Waals surface area contributed by atoms with Crippen LogP contribution >= 0.6 is 0 Å². The molecule has 130 valence electrons. The lowest BCUT2D eigenvalue weighted by atomic mass is 10.00. The van der Waals surface area contributed by atoms with Crippen LogP contribution in [0.15, 0.2) is 35.2 Å². The third-order valence-electron chi connectivity index (χ3n) is 4.51. The van der Waals surface area contributed by atoms with E-state index in [4.69, 9.17) is 0 Å². The summed E-state index contributed by atoms with van der Waals surface area (Å²) in [7, 11) is -3.95. The molecule has 0 fully saturated rings. The summed E-state index contributed by atoms with van der Waals surface area (Å²) in [5.41, 5.74) is 2.41. The van der Waals surface area contributed by atoms with Crippen LogP contribution in [0.2, 0.25) is 0 Å². The van der Waals surface area contributed by atoms with Crippen LogP contribution in [0.5, 0.6) is 0 Å². The minimum absolute atomic E-state index is 0.0511. The molecule has 0 bridgehead atoms. The van der Waals surface area contributed by atoms with Crippen LogP contribution in [0.1, 0.15) is 17.5 Å². The Kier molecular flexibility index (Phi) is 3.54. The first-order valence-electron chi connectivity index (χ1n) is 7.79. The maximum atomic E-state index is 13.3. The smallest absolute Gasteiger partial charge is 0.261 e. The molecular weight excluding hydrogens is 350 g/mol. The zero-order valence-electron chi connectivity index (χ0n) is 13.1. The Bertz CT molecular complexity index is 1010. The van der Waals surface area contributed by atoms with Crippen molar-refractivity contribution in [3.8, 4) is 0 Å². The van der Waals surface area contributed by atoms with Crippen molar-refractivity contribution in [3.05, 3.63) is 53.1 Å². The fourth-order valence-corrected chi connectivity index (χ4v) is 4.50. The Morgan fingerprint density at radius 3 is 2.40 bits per heavy atom. The van der Waals surface area contributed by atoms with Crippen LogP contribution in [0.3, 0.4) is 0 Å². The molecule has 2 aliphatic rings. The third-order valence-corrected chi connectivity index (χ3v) is 5.87. The molecule has 2 aromatic carbocycles. The van der Waals surface area contributed by atoms with Crippen molar-refractivity contribution in [2.45, 2.75) is 24.2 Å². The standard InChI is InChI=1S/C17H14F2N2O3S/c18-14-3-2-12(9-15(14)19)20-25(23,24)13-7-10-1-4-16(22)21-6-5-11(8-13)17(10)21/h2-3,7-9,20H,1,4-6H2. The highest BCUT2D eigenvalue weighted by Crippen LogP contribution is 2.38. The van der Waals surface area contributed by atoms with E-state index >= 15 is 0 Å². The Labute approximate surface area is 143 Å². The fourth-order valence-electron chi connectivity index (χ4n) is 3.35. The van der Waals surface area contributed by atoms with Crippen molar-refractivity contribution in [1.82, 2.24) is 0 Å². The molecule has 0 spiro atoms. The van der Waals surface area contributed by atoms with Crippen LogP contribution < -0.4 is 9.62 Å². The van der Waals surface area contributed by atoms with E-state index in [0.29, 0.717) is 25.8 Å². The van der Waals surface area contributed by atoms with Gasteiger partial charge in [0.1, 0.15) is 0 Å². The molecule has 0 aliphatic carbocycles. The van der Waals surface area contributed by atoms with Gasteiger partial charge in [0.25, 0.3) is 10.0 Å². The highest BCUT2D eigenvalue weighted by molar-refractivity contribution is 7.92. The van der Waals surface area contributed by atoms with Crippen molar-refractivity contribution in [1.29, 1.82) is 0 Å². The molecule has 0 saturated heterocycles. The topological polar surface area (TPSA) is 66.5 Å². The summed E-state index contributed by atoms with van der Waals surface area (Å²) in [4.78, 5) is 13.7. The summed E-state index contributed by atoms with van der Waals surface area (Å²) in [5, 5.41) is 0. The molecule has 0 aromatic heterocycles. The molecule has 5 nitrogen and oxygen atoms in total. The molecule has 2 heterocycles. The number of carbonyl (C=O) groups excluding carboxylic acids is 1. The van der Waals surface area contributed by atoms with Gasteiger partial charge in [0.15, 0.2) is 11.6 Å². The summed E-state index contributed by atoms with van der Waals surface area (Å²) < 4.78 is 53.8. The van der Waals surface area contributed by atoms with Crippen molar-refractivity contribution in [3.63, 3.8) is 0 Å². The van der Waals surface area contributed by atoms with Gasteiger partial charge in [-0.25, -0.2) is 17.2 Å². The number of aryl methyl sites for hydroxylation is 1. The summed E-state index contributed by atoms with van der Waals surface area (Å²) in [5.74, 6) is -2.12. The van der Waals surface area contributed by atoms with E-state index in [-0.39, 0.29) is 16.5 Å². The second-order valence-corrected chi connectivity index (χ2v) is 7.80. The van der Waals surface area contributed by atoms with Crippen molar-refractivity contribution in [2.75, 3.05) is 16.2 Å². The van der Waals surface area contributed by atoms with Gasteiger partial charge in [0.05, 0.1) is 16.3 Å². The number of carbonyl (C=O) groups is 1. The van der Waals surface area contributed by atoms with E-state index in [1.807, 2.05) is 0 Å². The van der Waals surface area contributed by atoms with Crippen LogP contribution in [-0.4, -0.2) is 20.9 Å². The number of amides is 1. The maximum absolute atomic E-state index is 13.3. The number of halogens is 2. The fraction of sp³-hybridized carbons (Fsp3) is 0.235. The van der Waals surface area contributed by atoms with Crippen LogP contribution in [0, 0.1) is 11.6 Å². The second-order valence-electron chi connectivity index (χ2n) is 6.12. The maximum Gasteiger partial charge on any atom is 0.261 e. The number of nitrogens with one attached hydrogen (secondary N) is 1. The first-order valence-corrected chi connectivity index (χ1v) is 9.27. The third kappa shape index (κ3) is 2.66. The number of benzene rings is 2. The van der Waals surface area contributed by atoms with Crippen LogP contribution in [-0.2, 0) is 27.7 Å². The molecule has 2 aromatic rings. The largest absolute Gasteiger partial charge is 0.312 e. The Morgan fingerprint density at radius 2 is 1.68 bits per heavy atom. The Balaban J connectivity index is 1.72. The van der Waals surface area contributed by atoms with Gasteiger partial charge >= 0.3 is 0 Å². The summed E-state index contributed by atoms with van der Waals surface area (Å²) in [6.45, 7) is 0.557. The van der Waals surface area contributed by atoms with Gasteiger partial charge < -0.3 is 4.90 Å². The summed E-state index contributed by atoms with van der Waals surface area (Å²) in [6.07, 6.45) is 1.45. The number of sulfonamides is 1. The molecule has 0 saturated carbocycles. The summed E-state index contributed by atoms with van der Waals surface area (Å²) >= 11 is 0. The van der Waals surface area contributed by atoms with E-state index in [0.717, 1.165) is 35.0 Å². The molecule has 0 radical (unpaired) electrons. The van der Waals surface area contributed by atoms with E-state index < -0.39 is 21.7 Å². The number of rotatable bonds is 3. The van der Waals surface area contributed by atoms with Crippen molar-refractivity contribution < 1.29 is 22.0 Å². The highest BCUT2D eigenvalue weighted by atomic mass is 32.2. The second kappa shape index (κ2) is 5.52. The number of hydrogen-bond acceptors (Lipinski definition) is 3. The van der Waals surface area contributed by atoms with E-state index in [1.165, 1.54) is 0 Å². The summed E-state index contributed by atoms with van der Waals surface area (Å²) in [6, 6.07) is 5.91.